The topological polar surface area (TPSA) is 68.0 Å². The summed E-state index contributed by atoms with van der Waals surface area (Å²) in [6, 6.07) is 14.9. The molecule has 0 radical (unpaired) electrons. The fourth-order valence-corrected chi connectivity index (χ4v) is 2.27. The first-order chi connectivity index (χ1) is 10.1. The summed E-state index contributed by atoms with van der Waals surface area (Å²) in [5.41, 5.74) is 9.36. The second kappa shape index (κ2) is 5.25. The Balaban J connectivity index is 1.97. The van der Waals surface area contributed by atoms with Crippen molar-refractivity contribution in [1.29, 1.82) is 0 Å². The van der Waals surface area contributed by atoms with Crippen molar-refractivity contribution in [1.82, 2.24) is 4.98 Å². The van der Waals surface area contributed by atoms with Crippen LogP contribution in [0.2, 0.25) is 0 Å². The molecule has 0 saturated heterocycles. The zero-order chi connectivity index (χ0) is 14.8. The molecule has 0 aliphatic carbocycles. The number of anilines is 2. The van der Waals surface area contributed by atoms with E-state index in [2.05, 4.69) is 10.3 Å². The van der Waals surface area contributed by atoms with Gasteiger partial charge in [-0.25, -0.2) is 0 Å². The van der Waals surface area contributed by atoms with Gasteiger partial charge in [0.2, 0.25) is 0 Å². The van der Waals surface area contributed by atoms with Crippen LogP contribution in [0.15, 0.2) is 54.7 Å². The molecule has 0 aliphatic rings. The van der Waals surface area contributed by atoms with E-state index in [4.69, 9.17) is 5.73 Å². The molecule has 4 nitrogen and oxygen atoms in total. The summed E-state index contributed by atoms with van der Waals surface area (Å²) < 4.78 is 0. The molecule has 0 bridgehead atoms. The number of amides is 1. The second-order valence-electron chi connectivity index (χ2n) is 4.93. The predicted octanol–water partition coefficient (Wildman–Crippen LogP) is 3.38. The number of nitrogens with two attached hydrogens (primary N) is 1. The molecule has 3 rings (SSSR count). The van der Waals surface area contributed by atoms with Crippen LogP contribution in [0.25, 0.3) is 10.9 Å². The molecule has 21 heavy (non-hydrogen) atoms. The Morgan fingerprint density at radius 1 is 1.14 bits per heavy atom. The zero-order valence-electron chi connectivity index (χ0n) is 11.6. The van der Waals surface area contributed by atoms with Crippen LogP contribution in [-0.4, -0.2) is 10.9 Å². The Labute approximate surface area is 122 Å². The molecule has 0 spiro atoms. The second-order valence-corrected chi connectivity index (χ2v) is 4.93. The zero-order valence-corrected chi connectivity index (χ0v) is 11.6. The van der Waals surface area contributed by atoms with Crippen LogP contribution in [0, 0.1) is 6.92 Å². The van der Waals surface area contributed by atoms with E-state index in [-0.39, 0.29) is 5.91 Å². The van der Waals surface area contributed by atoms with Crippen molar-refractivity contribution in [2.24, 2.45) is 0 Å². The van der Waals surface area contributed by atoms with Gasteiger partial charge in [-0.15, -0.1) is 0 Å². The summed E-state index contributed by atoms with van der Waals surface area (Å²) in [5.74, 6) is -0.213. The monoisotopic (exact) mass is 277 g/mol. The minimum atomic E-state index is -0.213. The fraction of sp³-hybridized carbons (Fsp3) is 0.0588. The molecule has 3 aromatic rings. The number of aryl methyl sites for hydroxylation is 1. The third-order valence-electron chi connectivity index (χ3n) is 3.33. The number of para-hydroxylation sites is 1. The number of hydrogen-bond acceptors (Lipinski definition) is 3. The van der Waals surface area contributed by atoms with Crippen LogP contribution >= 0.6 is 0 Å². The summed E-state index contributed by atoms with van der Waals surface area (Å²) in [7, 11) is 0. The first-order valence-electron chi connectivity index (χ1n) is 6.66. The quantitative estimate of drug-likeness (QED) is 0.706. The van der Waals surface area contributed by atoms with Crippen molar-refractivity contribution in [2.45, 2.75) is 6.92 Å². The average Bonchev–Trinajstić information content (AvgIpc) is 2.49. The maximum atomic E-state index is 12.5. The number of aromatic nitrogens is 1. The van der Waals surface area contributed by atoms with Gasteiger partial charge in [0.05, 0.1) is 22.5 Å². The molecule has 1 heterocycles. The minimum Gasteiger partial charge on any atom is -0.397 e. The van der Waals surface area contributed by atoms with Gasteiger partial charge >= 0.3 is 0 Å². The highest BCUT2D eigenvalue weighted by atomic mass is 16.1. The molecule has 0 unspecified atom stereocenters. The predicted molar refractivity (Wildman–Crippen MR) is 85.3 cm³/mol. The first kappa shape index (κ1) is 13.1. The maximum absolute atomic E-state index is 12.5. The summed E-state index contributed by atoms with van der Waals surface area (Å²) in [6.07, 6.45) is 1.68. The number of nitrogen functional groups attached to an aromatic ring is 1. The van der Waals surface area contributed by atoms with Crippen LogP contribution in [0.1, 0.15) is 15.9 Å². The molecule has 0 atom stereocenters. The van der Waals surface area contributed by atoms with Gasteiger partial charge in [-0.3, -0.25) is 9.78 Å². The average molecular weight is 277 g/mol. The molecule has 0 fully saturated rings. The number of nitrogens with zero attached hydrogens (tertiary/aromatic N) is 1. The van der Waals surface area contributed by atoms with Crippen LogP contribution in [-0.2, 0) is 0 Å². The van der Waals surface area contributed by atoms with E-state index in [1.54, 1.807) is 18.3 Å². The number of hydrogen-bond donors (Lipinski definition) is 2. The molecule has 0 saturated carbocycles. The van der Waals surface area contributed by atoms with E-state index in [1.165, 1.54) is 0 Å². The summed E-state index contributed by atoms with van der Waals surface area (Å²) in [5, 5.41) is 3.77. The van der Waals surface area contributed by atoms with E-state index in [0.717, 1.165) is 10.9 Å². The number of carbonyl (C=O) groups is 1. The third-order valence-corrected chi connectivity index (χ3v) is 3.33. The summed E-state index contributed by atoms with van der Waals surface area (Å²) in [6.45, 7) is 1.95. The van der Waals surface area contributed by atoms with Gasteiger partial charge in [0.15, 0.2) is 0 Å². The van der Waals surface area contributed by atoms with Crippen LogP contribution in [0.5, 0.6) is 0 Å². The van der Waals surface area contributed by atoms with Gasteiger partial charge in [0, 0.05) is 11.6 Å². The molecule has 1 amide bonds. The standard InChI is InChI=1S/C17H15N3O/c1-11-7-8-15(14(18)10-11)20-17(21)13-6-2-4-12-5-3-9-19-16(12)13/h2-10H,18H2,1H3,(H,20,21). The van der Waals surface area contributed by atoms with E-state index in [0.29, 0.717) is 22.5 Å². The lowest BCUT2D eigenvalue weighted by atomic mass is 10.1. The minimum absolute atomic E-state index is 0.213. The summed E-state index contributed by atoms with van der Waals surface area (Å²) in [4.78, 5) is 16.7. The first-order valence-corrected chi connectivity index (χ1v) is 6.66. The van der Waals surface area contributed by atoms with E-state index in [1.807, 2.05) is 43.3 Å². The number of fused-ring (bicyclic) bond motifs is 1. The summed E-state index contributed by atoms with van der Waals surface area (Å²) >= 11 is 0. The Bertz CT molecular complexity index is 822. The number of carbonyl (C=O) groups excluding carboxylic acids is 1. The van der Waals surface area contributed by atoms with E-state index < -0.39 is 0 Å². The SMILES string of the molecule is Cc1ccc(NC(=O)c2cccc3cccnc23)c(N)c1. The van der Waals surface area contributed by atoms with Crippen molar-refractivity contribution < 1.29 is 4.79 Å². The van der Waals surface area contributed by atoms with Gasteiger partial charge in [0.1, 0.15) is 0 Å². The largest absolute Gasteiger partial charge is 0.397 e. The maximum Gasteiger partial charge on any atom is 0.257 e. The highest BCUT2D eigenvalue weighted by molar-refractivity contribution is 6.12. The number of pyridine rings is 1. The Kier molecular flexibility index (Phi) is 3.28. The lowest BCUT2D eigenvalue weighted by Crippen LogP contribution is -2.14. The van der Waals surface area contributed by atoms with Gasteiger partial charge in [0.25, 0.3) is 5.91 Å². The molecule has 1 aromatic heterocycles. The normalized spacial score (nSPS) is 10.5. The number of rotatable bonds is 2. The van der Waals surface area contributed by atoms with E-state index in [9.17, 15) is 4.79 Å². The molecule has 3 N–H and O–H groups in total. The van der Waals surface area contributed by atoms with Crippen molar-refractivity contribution in [3.63, 3.8) is 0 Å². The number of nitrogens with one attached hydrogen (secondary N) is 1. The number of benzene rings is 2. The van der Waals surface area contributed by atoms with Crippen molar-refractivity contribution in [2.75, 3.05) is 11.1 Å². The Morgan fingerprint density at radius 2 is 1.95 bits per heavy atom. The van der Waals surface area contributed by atoms with Gasteiger partial charge in [-0.2, -0.15) is 0 Å². The van der Waals surface area contributed by atoms with Gasteiger partial charge in [-0.1, -0.05) is 24.3 Å². The molecule has 104 valence electrons. The van der Waals surface area contributed by atoms with E-state index >= 15 is 0 Å². The van der Waals surface area contributed by atoms with Crippen LogP contribution in [0.3, 0.4) is 0 Å². The Hall–Kier alpha value is -2.88. The lowest BCUT2D eigenvalue weighted by molar-refractivity contribution is 0.102. The Morgan fingerprint density at radius 3 is 2.76 bits per heavy atom. The van der Waals surface area contributed by atoms with Crippen LogP contribution < -0.4 is 11.1 Å². The van der Waals surface area contributed by atoms with Gasteiger partial charge < -0.3 is 11.1 Å². The highest BCUT2D eigenvalue weighted by Crippen LogP contribution is 2.22. The highest BCUT2D eigenvalue weighted by Gasteiger charge is 2.12. The van der Waals surface area contributed by atoms with Crippen LogP contribution in [0.4, 0.5) is 11.4 Å². The molecule has 2 aromatic carbocycles. The van der Waals surface area contributed by atoms with Crippen molar-refractivity contribution >= 4 is 28.2 Å². The smallest absolute Gasteiger partial charge is 0.257 e. The molecular formula is C17H15N3O. The lowest BCUT2D eigenvalue weighted by Gasteiger charge is -2.10. The molecular weight excluding hydrogens is 262 g/mol. The van der Waals surface area contributed by atoms with Gasteiger partial charge in [-0.05, 0) is 36.8 Å². The third kappa shape index (κ3) is 2.56. The van der Waals surface area contributed by atoms with Crippen molar-refractivity contribution in [3.05, 3.63) is 65.9 Å². The molecule has 0 aliphatic heterocycles. The fourth-order valence-electron chi connectivity index (χ4n) is 2.27. The van der Waals surface area contributed by atoms with Crippen molar-refractivity contribution in [3.8, 4) is 0 Å². The molecule has 4 heteroatoms.